The minimum atomic E-state index is -4.81. The highest BCUT2D eigenvalue weighted by atomic mass is 32.3. The molecule has 1 aliphatic rings. The molecular weight excluding hydrogens is 411 g/mol. The van der Waals surface area contributed by atoms with Crippen molar-refractivity contribution in [3.63, 3.8) is 0 Å². The highest BCUT2D eigenvalue weighted by molar-refractivity contribution is 7.86. The van der Waals surface area contributed by atoms with Gasteiger partial charge in [-0.2, -0.15) is 8.42 Å². The van der Waals surface area contributed by atoms with Gasteiger partial charge < -0.3 is 18.9 Å². The van der Waals surface area contributed by atoms with Crippen molar-refractivity contribution >= 4 is 27.0 Å². The van der Waals surface area contributed by atoms with Crippen LogP contribution in [0.15, 0.2) is 59.6 Å². The average Bonchev–Trinajstić information content (AvgIpc) is 3.17. The number of rotatable bonds is 5. The van der Waals surface area contributed by atoms with E-state index in [1.807, 2.05) is 35.0 Å². The summed E-state index contributed by atoms with van der Waals surface area (Å²) < 4.78 is 48.2. The molecular formula is C21H21FN2O5S. The van der Waals surface area contributed by atoms with Crippen molar-refractivity contribution in [2.75, 3.05) is 33.4 Å². The zero-order valence-corrected chi connectivity index (χ0v) is 17.1. The van der Waals surface area contributed by atoms with Crippen LogP contribution in [0.4, 0.5) is 3.89 Å². The van der Waals surface area contributed by atoms with Crippen molar-refractivity contribution in [3.05, 3.63) is 60.3 Å². The molecule has 0 saturated carbocycles. The highest BCUT2D eigenvalue weighted by Gasteiger charge is 2.30. The summed E-state index contributed by atoms with van der Waals surface area (Å²) in [4.78, 5) is 14.8. The quantitative estimate of drug-likeness (QED) is 0.580. The van der Waals surface area contributed by atoms with Gasteiger partial charge in [-0.1, -0.05) is 12.1 Å². The Bertz CT molecular complexity index is 1170. The molecule has 1 saturated heterocycles. The SMILES string of the molecule is COc1ccc2c(ccn2C(C(=O)N2CCOCC2)c2ccc(S(=O)(=O)F)cc2)c1. The van der Waals surface area contributed by atoms with Crippen molar-refractivity contribution in [2.45, 2.75) is 10.9 Å². The van der Waals surface area contributed by atoms with E-state index in [4.69, 9.17) is 9.47 Å². The molecule has 158 valence electrons. The van der Waals surface area contributed by atoms with Gasteiger partial charge in [0.2, 0.25) is 5.91 Å². The number of morpholine rings is 1. The summed E-state index contributed by atoms with van der Waals surface area (Å²) in [5, 5.41) is 0.900. The Hall–Kier alpha value is -2.91. The predicted molar refractivity (Wildman–Crippen MR) is 109 cm³/mol. The molecule has 1 aliphatic heterocycles. The number of ether oxygens (including phenoxy) is 2. The Kier molecular flexibility index (Phi) is 5.48. The normalized spacial score (nSPS) is 15.9. The maximum Gasteiger partial charge on any atom is 0.332 e. The molecule has 1 fully saturated rings. The van der Waals surface area contributed by atoms with Crippen molar-refractivity contribution < 1.29 is 26.6 Å². The highest BCUT2D eigenvalue weighted by Crippen LogP contribution is 2.30. The molecule has 1 atom stereocenters. The van der Waals surface area contributed by atoms with Crippen LogP contribution in [-0.4, -0.2) is 57.2 Å². The van der Waals surface area contributed by atoms with Gasteiger partial charge in [0.15, 0.2) is 0 Å². The van der Waals surface area contributed by atoms with E-state index in [0.29, 0.717) is 37.6 Å². The summed E-state index contributed by atoms with van der Waals surface area (Å²) in [6.07, 6.45) is 1.81. The molecule has 0 N–H and O–H groups in total. The first-order chi connectivity index (χ1) is 14.4. The van der Waals surface area contributed by atoms with E-state index < -0.39 is 21.2 Å². The van der Waals surface area contributed by atoms with Gasteiger partial charge in [0, 0.05) is 30.2 Å². The number of fused-ring (bicyclic) bond motifs is 1. The second-order valence-electron chi connectivity index (χ2n) is 6.99. The average molecular weight is 432 g/mol. The number of amides is 1. The van der Waals surface area contributed by atoms with Gasteiger partial charge in [0.1, 0.15) is 11.8 Å². The van der Waals surface area contributed by atoms with Crippen LogP contribution in [0.3, 0.4) is 0 Å². The van der Waals surface area contributed by atoms with E-state index in [1.54, 1.807) is 12.0 Å². The van der Waals surface area contributed by atoms with Crippen LogP contribution in [0.1, 0.15) is 11.6 Å². The Morgan fingerprint density at radius 3 is 2.43 bits per heavy atom. The first-order valence-corrected chi connectivity index (χ1v) is 10.8. The number of nitrogens with zero attached hydrogens (tertiary/aromatic N) is 2. The van der Waals surface area contributed by atoms with Crippen LogP contribution in [0.5, 0.6) is 5.75 Å². The molecule has 1 unspecified atom stereocenters. The summed E-state index contributed by atoms with van der Waals surface area (Å²) >= 11 is 0. The molecule has 3 aromatic rings. The van der Waals surface area contributed by atoms with Gasteiger partial charge in [0.05, 0.1) is 25.2 Å². The van der Waals surface area contributed by atoms with Gasteiger partial charge in [-0.05, 0) is 42.0 Å². The largest absolute Gasteiger partial charge is 0.497 e. The van der Waals surface area contributed by atoms with Crippen molar-refractivity contribution in [1.29, 1.82) is 0 Å². The second-order valence-corrected chi connectivity index (χ2v) is 8.34. The predicted octanol–water partition coefficient (Wildman–Crippen LogP) is 2.76. The van der Waals surface area contributed by atoms with Crippen LogP contribution >= 0.6 is 0 Å². The number of aromatic nitrogens is 1. The van der Waals surface area contributed by atoms with E-state index in [-0.39, 0.29) is 5.91 Å². The first kappa shape index (κ1) is 20.4. The molecule has 4 rings (SSSR count). The summed E-state index contributed by atoms with van der Waals surface area (Å²) in [6, 6.07) is 12.0. The molecule has 1 aromatic heterocycles. The third-order valence-electron chi connectivity index (χ3n) is 5.24. The summed E-state index contributed by atoms with van der Waals surface area (Å²) in [5.74, 6) is 0.566. The summed E-state index contributed by atoms with van der Waals surface area (Å²) in [7, 11) is -3.23. The number of carbonyl (C=O) groups is 1. The van der Waals surface area contributed by atoms with Crippen LogP contribution in [0.25, 0.3) is 10.9 Å². The third kappa shape index (κ3) is 3.90. The Morgan fingerprint density at radius 2 is 1.80 bits per heavy atom. The molecule has 30 heavy (non-hydrogen) atoms. The number of methoxy groups -OCH3 is 1. The molecule has 0 aliphatic carbocycles. The van der Waals surface area contributed by atoms with Crippen molar-refractivity contribution in [2.24, 2.45) is 0 Å². The monoisotopic (exact) mass is 432 g/mol. The van der Waals surface area contributed by atoms with Crippen molar-refractivity contribution in [1.82, 2.24) is 9.47 Å². The van der Waals surface area contributed by atoms with Crippen LogP contribution in [-0.2, 0) is 19.8 Å². The lowest BCUT2D eigenvalue weighted by molar-refractivity contribution is -0.137. The lowest BCUT2D eigenvalue weighted by atomic mass is 10.0. The van der Waals surface area contributed by atoms with E-state index in [2.05, 4.69) is 0 Å². The number of halogens is 1. The zero-order valence-electron chi connectivity index (χ0n) is 16.3. The van der Waals surface area contributed by atoms with Gasteiger partial charge in [0.25, 0.3) is 0 Å². The van der Waals surface area contributed by atoms with E-state index in [0.717, 1.165) is 10.9 Å². The van der Waals surface area contributed by atoms with Gasteiger partial charge in [-0.3, -0.25) is 4.79 Å². The standard InChI is InChI=1S/C21H21FN2O5S/c1-28-17-4-7-19-16(14-17)8-9-24(19)20(21(25)23-10-12-29-13-11-23)15-2-5-18(6-3-15)30(22,26)27/h2-9,14,20H,10-13H2,1H3. The first-order valence-electron chi connectivity index (χ1n) is 9.44. The maximum absolute atomic E-state index is 13.5. The third-order valence-corrected chi connectivity index (χ3v) is 6.08. The molecule has 0 radical (unpaired) electrons. The minimum absolute atomic E-state index is 0.137. The molecule has 0 spiro atoms. The molecule has 0 bridgehead atoms. The fourth-order valence-corrected chi connectivity index (χ4v) is 4.15. The van der Waals surface area contributed by atoms with Gasteiger partial charge in [-0.25, -0.2) is 0 Å². The summed E-state index contributed by atoms with van der Waals surface area (Å²) in [5.41, 5.74) is 1.39. The molecule has 2 heterocycles. The second kappa shape index (κ2) is 8.08. The number of benzene rings is 2. The Morgan fingerprint density at radius 1 is 1.10 bits per heavy atom. The van der Waals surface area contributed by atoms with E-state index in [1.165, 1.54) is 24.3 Å². The Labute approximate surface area is 173 Å². The van der Waals surface area contributed by atoms with Gasteiger partial charge >= 0.3 is 10.2 Å². The van der Waals surface area contributed by atoms with Gasteiger partial charge in [-0.15, -0.1) is 3.89 Å². The number of hydrogen-bond acceptors (Lipinski definition) is 5. The zero-order chi connectivity index (χ0) is 21.3. The molecule has 9 heteroatoms. The molecule has 2 aromatic carbocycles. The van der Waals surface area contributed by atoms with Crippen LogP contribution in [0.2, 0.25) is 0 Å². The van der Waals surface area contributed by atoms with Crippen LogP contribution < -0.4 is 4.74 Å². The minimum Gasteiger partial charge on any atom is -0.497 e. The molecule has 1 amide bonds. The Balaban J connectivity index is 1.80. The number of carbonyl (C=O) groups excluding carboxylic acids is 1. The lowest BCUT2D eigenvalue weighted by Gasteiger charge is -2.31. The van der Waals surface area contributed by atoms with Crippen LogP contribution in [0, 0.1) is 0 Å². The topological polar surface area (TPSA) is 77.8 Å². The smallest absolute Gasteiger partial charge is 0.332 e. The fourth-order valence-electron chi connectivity index (χ4n) is 3.69. The van der Waals surface area contributed by atoms with E-state index >= 15 is 0 Å². The maximum atomic E-state index is 13.5. The number of hydrogen-bond donors (Lipinski definition) is 0. The fraction of sp³-hybridized carbons (Fsp3) is 0.286. The lowest BCUT2D eigenvalue weighted by Crippen LogP contribution is -2.44. The molecule has 7 nitrogen and oxygen atoms in total. The summed E-state index contributed by atoms with van der Waals surface area (Å²) in [6.45, 7) is 1.86. The van der Waals surface area contributed by atoms with Crippen molar-refractivity contribution in [3.8, 4) is 5.75 Å². The van der Waals surface area contributed by atoms with E-state index in [9.17, 15) is 17.1 Å².